The van der Waals surface area contributed by atoms with Gasteiger partial charge in [-0.25, -0.2) is 0 Å². The Morgan fingerprint density at radius 1 is 1.29 bits per heavy atom. The van der Waals surface area contributed by atoms with E-state index in [1.165, 1.54) is 11.1 Å². The van der Waals surface area contributed by atoms with Gasteiger partial charge in [0.2, 0.25) is 0 Å². The molecule has 0 aliphatic carbocycles. The van der Waals surface area contributed by atoms with Crippen LogP contribution in [0.5, 0.6) is 0 Å². The lowest BCUT2D eigenvalue weighted by atomic mass is 9.79. The smallest absolute Gasteiger partial charge is 0.144 e. The van der Waals surface area contributed by atoms with Gasteiger partial charge in [0.1, 0.15) is 5.78 Å². The lowest BCUT2D eigenvalue weighted by Gasteiger charge is -2.25. The number of nitrogens with two attached hydrogens (primary N) is 1. The van der Waals surface area contributed by atoms with E-state index in [1.807, 2.05) is 19.9 Å². The summed E-state index contributed by atoms with van der Waals surface area (Å²) in [6.45, 7) is 8.52. The summed E-state index contributed by atoms with van der Waals surface area (Å²) in [5.74, 6) is 0.250. The number of carbonyl (C=O) groups excluding carboxylic acids is 1. The molecule has 1 aromatic rings. The fourth-order valence-electron chi connectivity index (χ4n) is 1.96. The molecular formula is C15H23NO. The van der Waals surface area contributed by atoms with Crippen LogP contribution in [0.25, 0.3) is 0 Å². The van der Waals surface area contributed by atoms with E-state index in [2.05, 4.69) is 26.0 Å². The van der Waals surface area contributed by atoms with Crippen LogP contribution in [0.2, 0.25) is 0 Å². The van der Waals surface area contributed by atoms with Gasteiger partial charge in [-0.3, -0.25) is 4.79 Å². The Labute approximate surface area is 104 Å². The molecule has 2 N–H and O–H groups in total. The van der Waals surface area contributed by atoms with Crippen molar-refractivity contribution in [3.05, 3.63) is 34.9 Å². The number of benzene rings is 1. The van der Waals surface area contributed by atoms with Crippen LogP contribution in [-0.4, -0.2) is 12.3 Å². The summed E-state index contributed by atoms with van der Waals surface area (Å²) in [6, 6.07) is 6.14. The molecule has 0 saturated carbocycles. The van der Waals surface area contributed by atoms with E-state index in [9.17, 15) is 4.79 Å². The second-order valence-electron chi connectivity index (χ2n) is 5.09. The Morgan fingerprint density at radius 3 is 2.24 bits per heavy atom. The molecule has 0 aliphatic rings. The summed E-state index contributed by atoms with van der Waals surface area (Å²) in [5, 5.41) is 0. The third-order valence-corrected chi connectivity index (χ3v) is 3.89. The van der Waals surface area contributed by atoms with E-state index in [1.54, 1.807) is 0 Å². The molecule has 0 saturated heterocycles. The van der Waals surface area contributed by atoms with Crippen molar-refractivity contribution >= 4 is 5.78 Å². The number of aryl methyl sites for hydroxylation is 2. The van der Waals surface area contributed by atoms with Gasteiger partial charge in [-0.15, -0.1) is 0 Å². The average molecular weight is 233 g/mol. The number of Topliss-reactive ketones (excluding diaryl/α,β-unsaturated/α-hetero) is 1. The van der Waals surface area contributed by atoms with Gasteiger partial charge in [0.05, 0.1) is 0 Å². The molecule has 1 aromatic carbocycles. The van der Waals surface area contributed by atoms with Gasteiger partial charge in [0.15, 0.2) is 0 Å². The topological polar surface area (TPSA) is 43.1 Å². The number of hydrogen-bond acceptors (Lipinski definition) is 2. The minimum absolute atomic E-state index is 0.250. The van der Waals surface area contributed by atoms with Gasteiger partial charge in [0.25, 0.3) is 0 Å². The zero-order chi connectivity index (χ0) is 13.1. The third-order valence-electron chi connectivity index (χ3n) is 3.89. The van der Waals surface area contributed by atoms with Crippen molar-refractivity contribution in [2.45, 2.75) is 40.5 Å². The van der Waals surface area contributed by atoms with Crippen LogP contribution in [0, 0.1) is 19.3 Å². The second-order valence-corrected chi connectivity index (χ2v) is 5.09. The van der Waals surface area contributed by atoms with Gasteiger partial charge < -0.3 is 5.73 Å². The van der Waals surface area contributed by atoms with Crippen LogP contribution in [-0.2, 0) is 11.2 Å². The summed E-state index contributed by atoms with van der Waals surface area (Å²) < 4.78 is 0. The highest BCUT2D eigenvalue weighted by Crippen LogP contribution is 2.24. The van der Waals surface area contributed by atoms with Crippen LogP contribution >= 0.6 is 0 Å². The normalized spacial score (nSPS) is 14.4. The molecule has 1 atom stereocenters. The van der Waals surface area contributed by atoms with E-state index in [4.69, 9.17) is 5.73 Å². The van der Waals surface area contributed by atoms with Gasteiger partial charge in [-0.1, -0.05) is 32.0 Å². The number of hydrogen-bond donors (Lipinski definition) is 1. The van der Waals surface area contributed by atoms with Gasteiger partial charge in [-0.2, -0.15) is 0 Å². The molecule has 17 heavy (non-hydrogen) atoms. The minimum Gasteiger partial charge on any atom is -0.329 e. The zero-order valence-electron chi connectivity index (χ0n) is 11.3. The van der Waals surface area contributed by atoms with E-state index in [0.717, 1.165) is 12.0 Å². The maximum atomic E-state index is 12.3. The maximum absolute atomic E-state index is 12.3. The van der Waals surface area contributed by atoms with E-state index in [0.29, 0.717) is 13.0 Å². The predicted octanol–water partition coefficient (Wildman–Crippen LogP) is 2.79. The van der Waals surface area contributed by atoms with Crippen LogP contribution in [0.4, 0.5) is 0 Å². The van der Waals surface area contributed by atoms with Crippen molar-refractivity contribution in [3.63, 3.8) is 0 Å². The lowest BCUT2D eigenvalue weighted by molar-refractivity contribution is -0.126. The highest BCUT2D eigenvalue weighted by Gasteiger charge is 2.29. The summed E-state index contributed by atoms with van der Waals surface area (Å²) in [7, 11) is 0. The molecule has 1 unspecified atom stereocenters. The van der Waals surface area contributed by atoms with Crippen molar-refractivity contribution < 1.29 is 4.79 Å². The van der Waals surface area contributed by atoms with Gasteiger partial charge in [-0.05, 0) is 37.0 Å². The Morgan fingerprint density at radius 2 is 1.82 bits per heavy atom. The quantitative estimate of drug-likeness (QED) is 0.849. The van der Waals surface area contributed by atoms with Crippen LogP contribution < -0.4 is 5.73 Å². The van der Waals surface area contributed by atoms with Crippen molar-refractivity contribution in [3.8, 4) is 0 Å². The Bertz CT molecular complexity index is 385. The molecule has 0 fully saturated rings. The monoisotopic (exact) mass is 233 g/mol. The molecule has 2 heteroatoms. The maximum Gasteiger partial charge on any atom is 0.144 e. The Kier molecular flexibility index (Phi) is 4.47. The Hall–Kier alpha value is -1.15. The molecule has 0 amide bonds. The summed E-state index contributed by atoms with van der Waals surface area (Å²) >= 11 is 0. The van der Waals surface area contributed by atoms with Crippen molar-refractivity contribution in [2.75, 3.05) is 6.54 Å². The molecule has 0 aliphatic heterocycles. The fraction of sp³-hybridized carbons (Fsp3) is 0.533. The fourth-order valence-corrected chi connectivity index (χ4v) is 1.96. The van der Waals surface area contributed by atoms with Crippen LogP contribution in [0.15, 0.2) is 18.2 Å². The van der Waals surface area contributed by atoms with Gasteiger partial charge >= 0.3 is 0 Å². The molecule has 0 aromatic heterocycles. The first-order chi connectivity index (χ1) is 7.94. The Balaban J connectivity index is 2.96. The highest BCUT2D eigenvalue weighted by molar-refractivity contribution is 5.87. The summed E-state index contributed by atoms with van der Waals surface area (Å²) in [5.41, 5.74) is 8.88. The lowest BCUT2D eigenvalue weighted by Crippen LogP contribution is -2.36. The molecule has 2 nitrogen and oxygen atoms in total. The highest BCUT2D eigenvalue weighted by atomic mass is 16.1. The predicted molar refractivity (Wildman–Crippen MR) is 72.1 cm³/mol. The first-order valence-corrected chi connectivity index (χ1v) is 6.23. The summed E-state index contributed by atoms with van der Waals surface area (Å²) in [4.78, 5) is 12.3. The molecule has 94 valence electrons. The third kappa shape index (κ3) is 2.95. The molecule has 1 rings (SSSR count). The molecule has 0 heterocycles. The number of ketones is 1. The van der Waals surface area contributed by atoms with Crippen molar-refractivity contribution in [2.24, 2.45) is 11.1 Å². The largest absolute Gasteiger partial charge is 0.329 e. The second kappa shape index (κ2) is 5.46. The minimum atomic E-state index is -0.380. The zero-order valence-corrected chi connectivity index (χ0v) is 11.3. The molecule has 0 spiro atoms. The SMILES string of the molecule is CCC(C)(CN)C(=O)Cc1c(C)cccc1C. The molecular weight excluding hydrogens is 210 g/mol. The van der Waals surface area contributed by atoms with Gasteiger partial charge in [0, 0.05) is 18.4 Å². The average Bonchev–Trinajstić information content (AvgIpc) is 2.32. The van der Waals surface area contributed by atoms with E-state index >= 15 is 0 Å². The molecule has 0 bridgehead atoms. The molecule has 0 radical (unpaired) electrons. The van der Waals surface area contributed by atoms with E-state index in [-0.39, 0.29) is 11.2 Å². The first-order valence-electron chi connectivity index (χ1n) is 6.23. The van der Waals surface area contributed by atoms with Crippen LogP contribution in [0.1, 0.15) is 37.0 Å². The number of rotatable bonds is 5. The van der Waals surface area contributed by atoms with Crippen molar-refractivity contribution in [1.29, 1.82) is 0 Å². The van der Waals surface area contributed by atoms with Crippen LogP contribution in [0.3, 0.4) is 0 Å². The number of carbonyl (C=O) groups is 1. The standard InChI is InChI=1S/C15H23NO/c1-5-15(4,10-16)14(17)9-13-11(2)7-6-8-12(13)3/h6-8H,5,9-10,16H2,1-4H3. The first kappa shape index (κ1) is 13.9. The summed E-state index contributed by atoms with van der Waals surface area (Å²) in [6.07, 6.45) is 1.30. The van der Waals surface area contributed by atoms with E-state index < -0.39 is 0 Å². The van der Waals surface area contributed by atoms with Crippen molar-refractivity contribution in [1.82, 2.24) is 0 Å².